The van der Waals surface area contributed by atoms with E-state index in [0.29, 0.717) is 0 Å². The Hall–Kier alpha value is -3.43. The fraction of sp³-hybridized carbons (Fsp3) is 0.0769. The van der Waals surface area contributed by atoms with Crippen molar-refractivity contribution >= 4 is 17.3 Å². The van der Waals surface area contributed by atoms with Crippen molar-refractivity contribution in [1.29, 1.82) is 0 Å². The topological polar surface area (TPSA) is 38.9 Å². The summed E-state index contributed by atoms with van der Waals surface area (Å²) in [5, 5.41) is 9.82. The molecule has 0 saturated heterocycles. The van der Waals surface area contributed by atoms with Gasteiger partial charge in [0.1, 0.15) is 0 Å². The molecule has 32 heavy (non-hydrogen) atoms. The maximum Gasteiger partial charge on any atom is 2.00 e. The van der Waals surface area contributed by atoms with Gasteiger partial charge in [-0.3, -0.25) is 14.3 Å². The first-order chi connectivity index (χ1) is 15.2. The molecule has 0 fully saturated rings. The number of anilines is 3. The fourth-order valence-corrected chi connectivity index (χ4v) is 3.57. The quantitative estimate of drug-likeness (QED) is 0.242. The summed E-state index contributed by atoms with van der Waals surface area (Å²) >= 11 is 0. The minimum atomic E-state index is 0. The Morgan fingerprint density at radius 2 is 1.12 bits per heavy atom. The van der Waals surface area contributed by atoms with Gasteiger partial charge in [0.15, 0.2) is 11.6 Å². The van der Waals surface area contributed by atoms with E-state index in [2.05, 4.69) is 43.0 Å². The SMILES string of the molecule is Cc1cn(-c2[c-]cccc2)nc1N(c1ccccc1)c1nn(-c2[c-]cccc2)cc1C.[Pt+2]. The minimum absolute atomic E-state index is 0. The van der Waals surface area contributed by atoms with Crippen molar-refractivity contribution in [2.75, 3.05) is 4.90 Å². The first-order valence-corrected chi connectivity index (χ1v) is 10.1. The van der Waals surface area contributed by atoms with Crippen molar-refractivity contribution in [3.63, 3.8) is 0 Å². The Bertz CT molecular complexity index is 1210. The number of hydrogen-bond acceptors (Lipinski definition) is 3. The van der Waals surface area contributed by atoms with Gasteiger partial charge >= 0.3 is 21.1 Å². The second kappa shape index (κ2) is 9.37. The third kappa shape index (κ3) is 4.17. The van der Waals surface area contributed by atoms with Gasteiger partial charge in [0, 0.05) is 29.2 Å². The van der Waals surface area contributed by atoms with Gasteiger partial charge in [0.2, 0.25) is 0 Å². The van der Waals surface area contributed by atoms with Crippen LogP contribution in [0.1, 0.15) is 11.1 Å². The number of aromatic nitrogens is 4. The number of nitrogens with zero attached hydrogens (tertiary/aromatic N) is 5. The largest absolute Gasteiger partial charge is 2.00 e. The van der Waals surface area contributed by atoms with E-state index in [0.717, 1.165) is 39.8 Å². The molecule has 0 aliphatic rings. The Kier molecular flexibility index (Phi) is 6.38. The van der Waals surface area contributed by atoms with Gasteiger partial charge < -0.3 is 0 Å². The molecule has 5 nitrogen and oxygen atoms in total. The van der Waals surface area contributed by atoms with E-state index in [9.17, 15) is 0 Å². The summed E-state index contributed by atoms with van der Waals surface area (Å²) in [4.78, 5) is 2.10. The van der Waals surface area contributed by atoms with Crippen molar-refractivity contribution in [2.24, 2.45) is 0 Å². The number of rotatable bonds is 5. The van der Waals surface area contributed by atoms with Crippen LogP contribution in [-0.4, -0.2) is 19.6 Å². The standard InChI is InChI=1S/C26H21N5.Pt/c1-20-18-29(22-12-6-3-7-13-22)27-25(20)31(24-16-10-5-11-17-24)26-21(2)19-30(28-26)23-14-8-4-9-15-23;/h3-12,14,16-19H,1-2H3;/q-2;+2. The number of para-hydroxylation sites is 3. The molecule has 5 aromatic rings. The average molecular weight is 599 g/mol. The second-order valence-electron chi connectivity index (χ2n) is 7.33. The van der Waals surface area contributed by atoms with Crippen LogP contribution >= 0.6 is 0 Å². The van der Waals surface area contributed by atoms with Crippen LogP contribution < -0.4 is 4.90 Å². The maximum atomic E-state index is 4.91. The van der Waals surface area contributed by atoms with Crippen molar-refractivity contribution in [3.8, 4) is 11.4 Å². The van der Waals surface area contributed by atoms with Gasteiger partial charge in [-0.25, -0.2) is 0 Å². The third-order valence-corrected chi connectivity index (χ3v) is 5.06. The number of aryl methyl sites for hydroxylation is 2. The summed E-state index contributed by atoms with van der Waals surface area (Å²) in [6.07, 6.45) is 4.04. The molecule has 0 aliphatic heterocycles. The Labute approximate surface area is 202 Å². The smallest absolute Gasteiger partial charge is 0.276 e. The summed E-state index contributed by atoms with van der Waals surface area (Å²) in [6, 6.07) is 32.3. The monoisotopic (exact) mass is 598 g/mol. The summed E-state index contributed by atoms with van der Waals surface area (Å²) < 4.78 is 3.72. The molecule has 0 atom stereocenters. The first-order valence-electron chi connectivity index (χ1n) is 10.1. The van der Waals surface area contributed by atoms with Crippen LogP contribution in [0.3, 0.4) is 0 Å². The molecule has 0 aliphatic carbocycles. The normalized spacial score (nSPS) is 10.6. The van der Waals surface area contributed by atoms with Gasteiger partial charge in [0.05, 0.1) is 0 Å². The molecule has 0 radical (unpaired) electrons. The van der Waals surface area contributed by atoms with E-state index in [4.69, 9.17) is 10.2 Å². The van der Waals surface area contributed by atoms with Crippen molar-refractivity contribution in [3.05, 3.63) is 115 Å². The molecule has 0 amide bonds. The first kappa shape index (κ1) is 21.8. The summed E-state index contributed by atoms with van der Waals surface area (Å²) in [5.74, 6) is 1.66. The van der Waals surface area contributed by atoms with Crippen LogP contribution in [0.25, 0.3) is 11.4 Å². The second-order valence-corrected chi connectivity index (χ2v) is 7.33. The van der Waals surface area contributed by atoms with E-state index in [1.165, 1.54) is 0 Å². The van der Waals surface area contributed by atoms with Gasteiger partial charge in [-0.2, -0.15) is 58.7 Å². The fourth-order valence-electron chi connectivity index (χ4n) is 3.57. The molecule has 3 aromatic carbocycles. The molecule has 0 saturated carbocycles. The van der Waals surface area contributed by atoms with Gasteiger partial charge in [-0.1, -0.05) is 18.2 Å². The zero-order valence-electron chi connectivity index (χ0n) is 17.7. The molecule has 2 aromatic heterocycles. The summed E-state index contributed by atoms with van der Waals surface area (Å²) in [7, 11) is 0. The third-order valence-electron chi connectivity index (χ3n) is 5.06. The molecular weight excluding hydrogens is 577 g/mol. The van der Waals surface area contributed by atoms with Crippen molar-refractivity contribution in [1.82, 2.24) is 19.6 Å². The molecule has 6 heteroatoms. The Balaban J connectivity index is 0.00000245. The van der Waals surface area contributed by atoms with Crippen LogP contribution in [0.2, 0.25) is 0 Å². The van der Waals surface area contributed by atoms with Crippen LogP contribution in [0.15, 0.2) is 91.3 Å². The molecule has 0 bridgehead atoms. The zero-order valence-corrected chi connectivity index (χ0v) is 20.0. The predicted octanol–water partition coefficient (Wildman–Crippen LogP) is 5.74. The Morgan fingerprint density at radius 3 is 1.56 bits per heavy atom. The van der Waals surface area contributed by atoms with E-state index in [1.807, 2.05) is 88.5 Å². The molecular formula is C26H21N5Pt. The molecule has 0 N–H and O–H groups in total. The van der Waals surface area contributed by atoms with E-state index in [-0.39, 0.29) is 21.1 Å². The molecule has 160 valence electrons. The van der Waals surface area contributed by atoms with Crippen molar-refractivity contribution in [2.45, 2.75) is 13.8 Å². The molecule has 0 spiro atoms. The van der Waals surface area contributed by atoms with E-state index in [1.54, 1.807) is 0 Å². The average Bonchev–Trinajstić information content (AvgIpc) is 3.39. The van der Waals surface area contributed by atoms with Gasteiger partial charge in [-0.05, 0) is 37.4 Å². The van der Waals surface area contributed by atoms with Crippen LogP contribution in [-0.2, 0) is 21.1 Å². The van der Waals surface area contributed by atoms with Gasteiger partial charge in [0.25, 0.3) is 0 Å². The minimum Gasteiger partial charge on any atom is -0.276 e. The van der Waals surface area contributed by atoms with Crippen LogP contribution in [0.5, 0.6) is 0 Å². The van der Waals surface area contributed by atoms with Crippen LogP contribution in [0, 0.1) is 26.0 Å². The Morgan fingerprint density at radius 1 is 0.656 bits per heavy atom. The maximum absolute atomic E-state index is 4.91. The molecule has 0 unspecified atom stereocenters. The summed E-state index contributed by atoms with van der Waals surface area (Å²) in [6.45, 7) is 4.13. The molecule has 5 rings (SSSR count). The number of benzene rings is 3. The molecule has 2 heterocycles. The van der Waals surface area contributed by atoms with Crippen molar-refractivity contribution < 1.29 is 21.1 Å². The van der Waals surface area contributed by atoms with Crippen LogP contribution in [0.4, 0.5) is 17.3 Å². The van der Waals surface area contributed by atoms with Gasteiger partial charge in [-0.15, -0.1) is 12.1 Å². The zero-order chi connectivity index (χ0) is 21.2. The van der Waals surface area contributed by atoms with E-state index < -0.39 is 0 Å². The van der Waals surface area contributed by atoms with E-state index >= 15 is 0 Å². The predicted molar refractivity (Wildman–Crippen MR) is 123 cm³/mol. The summed E-state index contributed by atoms with van der Waals surface area (Å²) in [5.41, 5.74) is 4.87. The number of hydrogen-bond donors (Lipinski definition) is 0.